The van der Waals surface area contributed by atoms with Crippen molar-refractivity contribution in [2.45, 2.75) is 43.0 Å². The van der Waals surface area contributed by atoms with Gasteiger partial charge in [0.25, 0.3) is 0 Å². The lowest BCUT2D eigenvalue weighted by atomic mass is 10.00. The molecule has 4 heteroatoms. The van der Waals surface area contributed by atoms with E-state index in [1.54, 1.807) is 25.7 Å². The van der Waals surface area contributed by atoms with Crippen molar-refractivity contribution in [2.75, 3.05) is 12.8 Å². The van der Waals surface area contributed by atoms with Crippen LogP contribution >= 0.6 is 11.8 Å². The van der Waals surface area contributed by atoms with Crippen LogP contribution in [0.5, 0.6) is 0 Å². The first-order chi connectivity index (χ1) is 9.05. The van der Waals surface area contributed by atoms with Gasteiger partial charge in [-0.3, -0.25) is 4.79 Å². The van der Waals surface area contributed by atoms with Crippen LogP contribution < -0.4 is 5.32 Å². The van der Waals surface area contributed by atoms with Crippen molar-refractivity contribution in [1.29, 1.82) is 0 Å². The van der Waals surface area contributed by atoms with Crippen molar-refractivity contribution >= 4 is 17.7 Å². The number of hydrogen-bond acceptors (Lipinski definition) is 3. The highest BCUT2D eigenvalue weighted by molar-refractivity contribution is 7.99. The van der Waals surface area contributed by atoms with Gasteiger partial charge in [-0.1, -0.05) is 6.07 Å². The number of rotatable bonds is 6. The lowest BCUT2D eigenvalue weighted by molar-refractivity contribution is -0.144. The Hall–Kier alpha value is -1.00. The second-order valence-electron chi connectivity index (χ2n) is 5.27. The summed E-state index contributed by atoms with van der Waals surface area (Å²) in [5.74, 6) is 0.0205. The molecule has 0 saturated heterocycles. The van der Waals surface area contributed by atoms with Crippen LogP contribution in [0, 0.1) is 0 Å². The first-order valence-corrected chi connectivity index (χ1v) is 7.70. The highest BCUT2D eigenvalue weighted by Gasteiger charge is 2.30. The molecule has 1 atom stereocenters. The molecule has 0 bridgehead atoms. The summed E-state index contributed by atoms with van der Waals surface area (Å²) in [6, 6.07) is 6.65. The smallest absolute Gasteiger partial charge is 0.323 e. The number of hydrogen-bond donors (Lipinski definition) is 2. The molecule has 2 rings (SSSR count). The third-order valence-corrected chi connectivity index (χ3v) is 4.96. The van der Waals surface area contributed by atoms with Gasteiger partial charge >= 0.3 is 5.97 Å². The predicted molar refractivity (Wildman–Crippen MR) is 78.9 cm³/mol. The standard InChI is InChI=1S/C15H21NO2S/c1-15(16-2,14(17)18)8-9-19-13-7-6-11-4-3-5-12(11)10-13/h6-7,10,16H,3-5,8-9H2,1-2H3,(H,17,18). The first kappa shape index (κ1) is 14.4. The van der Waals surface area contributed by atoms with Gasteiger partial charge in [-0.15, -0.1) is 11.8 Å². The lowest BCUT2D eigenvalue weighted by Gasteiger charge is -2.23. The quantitative estimate of drug-likeness (QED) is 0.786. The molecule has 19 heavy (non-hydrogen) atoms. The van der Waals surface area contributed by atoms with Crippen LogP contribution in [-0.2, 0) is 17.6 Å². The Bertz CT molecular complexity index is 475. The minimum Gasteiger partial charge on any atom is -0.480 e. The van der Waals surface area contributed by atoms with Crippen LogP contribution in [0.4, 0.5) is 0 Å². The topological polar surface area (TPSA) is 49.3 Å². The average molecular weight is 279 g/mol. The Labute approximate surface area is 118 Å². The number of aryl methyl sites for hydroxylation is 2. The zero-order valence-corrected chi connectivity index (χ0v) is 12.3. The second-order valence-corrected chi connectivity index (χ2v) is 6.44. The molecule has 3 nitrogen and oxygen atoms in total. The summed E-state index contributed by atoms with van der Waals surface area (Å²) < 4.78 is 0. The Kier molecular flexibility index (Phi) is 4.53. The molecule has 1 aliphatic carbocycles. The van der Waals surface area contributed by atoms with Crippen LogP contribution in [0.25, 0.3) is 0 Å². The van der Waals surface area contributed by atoms with E-state index < -0.39 is 11.5 Å². The number of nitrogens with one attached hydrogen (secondary N) is 1. The Morgan fingerprint density at radius 3 is 2.84 bits per heavy atom. The van der Waals surface area contributed by atoms with Crippen LogP contribution in [0.2, 0.25) is 0 Å². The van der Waals surface area contributed by atoms with Crippen molar-refractivity contribution in [3.8, 4) is 0 Å². The summed E-state index contributed by atoms with van der Waals surface area (Å²) in [6.07, 6.45) is 4.27. The summed E-state index contributed by atoms with van der Waals surface area (Å²) in [5.41, 5.74) is 2.12. The van der Waals surface area contributed by atoms with Crippen molar-refractivity contribution in [2.24, 2.45) is 0 Å². The molecular weight excluding hydrogens is 258 g/mol. The van der Waals surface area contributed by atoms with Crippen molar-refractivity contribution in [3.63, 3.8) is 0 Å². The number of aliphatic carboxylic acids is 1. The SMILES string of the molecule is CNC(C)(CCSc1ccc2c(c1)CCC2)C(=O)O. The van der Waals surface area contributed by atoms with Gasteiger partial charge in [-0.25, -0.2) is 0 Å². The summed E-state index contributed by atoms with van der Waals surface area (Å²) in [7, 11) is 1.70. The third kappa shape index (κ3) is 3.31. The van der Waals surface area contributed by atoms with Gasteiger partial charge in [0.05, 0.1) is 0 Å². The molecule has 104 valence electrons. The maximum Gasteiger partial charge on any atom is 0.323 e. The van der Waals surface area contributed by atoms with Crippen molar-refractivity contribution in [3.05, 3.63) is 29.3 Å². The maximum atomic E-state index is 11.2. The number of thioether (sulfide) groups is 1. The van der Waals surface area contributed by atoms with Crippen LogP contribution in [-0.4, -0.2) is 29.4 Å². The van der Waals surface area contributed by atoms with Crippen LogP contribution in [0.15, 0.2) is 23.1 Å². The Balaban J connectivity index is 1.91. The molecule has 0 amide bonds. The number of carboxylic acid groups (broad SMARTS) is 1. The number of benzene rings is 1. The minimum atomic E-state index is -0.830. The van der Waals surface area contributed by atoms with Gasteiger partial charge in [-0.05, 0) is 62.9 Å². The van der Waals surface area contributed by atoms with Crippen LogP contribution in [0.1, 0.15) is 30.9 Å². The number of carbonyl (C=O) groups is 1. The molecule has 0 radical (unpaired) electrons. The fourth-order valence-corrected chi connectivity index (χ4v) is 3.49. The monoisotopic (exact) mass is 279 g/mol. The molecule has 0 spiro atoms. The zero-order chi connectivity index (χ0) is 13.9. The maximum absolute atomic E-state index is 11.2. The first-order valence-electron chi connectivity index (χ1n) is 6.72. The zero-order valence-electron chi connectivity index (χ0n) is 11.5. The third-order valence-electron chi connectivity index (χ3n) is 3.96. The normalized spacial score (nSPS) is 16.9. The van der Waals surface area contributed by atoms with Crippen molar-refractivity contribution in [1.82, 2.24) is 5.32 Å². The summed E-state index contributed by atoms with van der Waals surface area (Å²) >= 11 is 1.74. The summed E-state index contributed by atoms with van der Waals surface area (Å²) in [6.45, 7) is 1.73. The second kappa shape index (κ2) is 5.97. The van der Waals surface area contributed by atoms with Gasteiger partial charge in [0.1, 0.15) is 5.54 Å². The fraction of sp³-hybridized carbons (Fsp3) is 0.533. The number of fused-ring (bicyclic) bond motifs is 1. The molecule has 0 aliphatic heterocycles. The van der Waals surface area contributed by atoms with Gasteiger partial charge in [0, 0.05) is 10.6 Å². The number of carboxylic acids is 1. The molecule has 0 heterocycles. The van der Waals surface area contributed by atoms with Gasteiger partial charge in [0.2, 0.25) is 0 Å². The Morgan fingerprint density at radius 2 is 2.16 bits per heavy atom. The molecule has 1 aliphatic rings. The predicted octanol–water partition coefficient (Wildman–Crippen LogP) is 2.72. The molecule has 1 unspecified atom stereocenters. The Morgan fingerprint density at radius 1 is 1.42 bits per heavy atom. The lowest BCUT2D eigenvalue weighted by Crippen LogP contribution is -2.47. The molecule has 1 aromatic rings. The van der Waals surface area contributed by atoms with E-state index in [2.05, 4.69) is 23.5 Å². The molecular formula is C15H21NO2S. The van der Waals surface area contributed by atoms with E-state index in [1.807, 2.05) is 0 Å². The molecule has 0 aromatic heterocycles. The average Bonchev–Trinajstić information content (AvgIpc) is 2.85. The van der Waals surface area contributed by atoms with Crippen LogP contribution in [0.3, 0.4) is 0 Å². The van der Waals surface area contributed by atoms with E-state index in [0.717, 1.165) is 5.75 Å². The van der Waals surface area contributed by atoms with E-state index in [9.17, 15) is 9.90 Å². The fourth-order valence-electron chi connectivity index (χ4n) is 2.35. The van der Waals surface area contributed by atoms with E-state index in [4.69, 9.17) is 0 Å². The van der Waals surface area contributed by atoms with Gasteiger partial charge in [-0.2, -0.15) is 0 Å². The van der Waals surface area contributed by atoms with E-state index in [1.165, 1.54) is 35.3 Å². The van der Waals surface area contributed by atoms with Crippen molar-refractivity contribution < 1.29 is 9.90 Å². The summed E-state index contributed by atoms with van der Waals surface area (Å²) in [5, 5.41) is 12.1. The molecule has 2 N–H and O–H groups in total. The minimum absolute atomic E-state index is 0.612. The van der Waals surface area contributed by atoms with E-state index in [0.29, 0.717) is 6.42 Å². The van der Waals surface area contributed by atoms with Gasteiger partial charge in [0.15, 0.2) is 0 Å². The molecule has 0 fully saturated rings. The largest absolute Gasteiger partial charge is 0.480 e. The summed E-state index contributed by atoms with van der Waals surface area (Å²) in [4.78, 5) is 12.4. The number of likely N-dealkylation sites (N-methyl/N-ethyl adjacent to an activating group) is 1. The highest BCUT2D eigenvalue weighted by Crippen LogP contribution is 2.28. The highest BCUT2D eigenvalue weighted by atomic mass is 32.2. The van der Waals surface area contributed by atoms with E-state index >= 15 is 0 Å². The molecule has 1 aromatic carbocycles. The van der Waals surface area contributed by atoms with E-state index in [-0.39, 0.29) is 0 Å². The molecule has 0 saturated carbocycles. The van der Waals surface area contributed by atoms with Gasteiger partial charge < -0.3 is 10.4 Å².